The second kappa shape index (κ2) is 9.07. The second-order valence-electron chi connectivity index (χ2n) is 7.38. The van der Waals surface area contributed by atoms with E-state index >= 15 is 0 Å². The first-order chi connectivity index (χ1) is 15.8. The Morgan fingerprint density at radius 3 is 2.79 bits per heavy atom. The van der Waals surface area contributed by atoms with E-state index in [1.54, 1.807) is 16.8 Å². The highest BCUT2D eigenvalue weighted by Crippen LogP contribution is 2.27. The molecule has 33 heavy (non-hydrogen) atoms. The number of hydrogen-bond donors (Lipinski definition) is 2. The van der Waals surface area contributed by atoms with Crippen LogP contribution in [0.25, 0.3) is 5.52 Å². The number of nitriles is 1. The van der Waals surface area contributed by atoms with Crippen molar-refractivity contribution in [2.45, 2.75) is 44.0 Å². The van der Waals surface area contributed by atoms with Crippen molar-refractivity contribution >= 4 is 40.4 Å². The van der Waals surface area contributed by atoms with Crippen molar-refractivity contribution in [3.05, 3.63) is 40.3 Å². The van der Waals surface area contributed by atoms with Crippen LogP contribution in [0.3, 0.4) is 0 Å². The molecule has 3 aromatic heterocycles. The number of halogens is 3. The maximum atomic E-state index is 12.7. The molecule has 0 spiro atoms. The molecule has 3 aromatic rings. The standard InChI is InChI=1S/C20H17F3N6O3S/c21-20(22,23)18(31)32-16-4-2-1-3-13(16)27-19-25-8-12-5-6-15(29(12)28-19)17(30)26-14-10-33-9-11(14)7-24/h5-6,8-10,13,16H,1-4H2,(H,26,30)(H,27,28)/t13-,16+/m1/s1. The lowest BCUT2D eigenvalue weighted by atomic mass is 9.92. The summed E-state index contributed by atoms with van der Waals surface area (Å²) in [6.45, 7) is 0. The Kier molecular flexibility index (Phi) is 6.19. The van der Waals surface area contributed by atoms with Crippen molar-refractivity contribution in [1.82, 2.24) is 14.6 Å². The van der Waals surface area contributed by atoms with Gasteiger partial charge in [-0.25, -0.2) is 14.3 Å². The molecule has 2 atom stereocenters. The second-order valence-corrected chi connectivity index (χ2v) is 8.12. The van der Waals surface area contributed by atoms with E-state index in [1.807, 2.05) is 6.07 Å². The molecular weight excluding hydrogens is 461 g/mol. The van der Waals surface area contributed by atoms with Crippen LogP contribution in [0.4, 0.5) is 24.8 Å². The van der Waals surface area contributed by atoms with Gasteiger partial charge in [-0.05, 0) is 31.4 Å². The van der Waals surface area contributed by atoms with Crippen LogP contribution >= 0.6 is 11.3 Å². The molecule has 1 saturated carbocycles. The van der Waals surface area contributed by atoms with Crippen molar-refractivity contribution < 1.29 is 27.5 Å². The molecule has 0 saturated heterocycles. The fourth-order valence-corrected chi connectivity index (χ4v) is 4.29. The molecule has 4 rings (SSSR count). The Morgan fingerprint density at radius 1 is 1.24 bits per heavy atom. The van der Waals surface area contributed by atoms with Crippen LogP contribution in [0.1, 0.15) is 41.7 Å². The number of carbonyl (C=O) groups is 2. The minimum absolute atomic E-state index is 0.0703. The number of fused-ring (bicyclic) bond motifs is 1. The number of rotatable bonds is 5. The first kappa shape index (κ1) is 22.5. The van der Waals surface area contributed by atoms with Crippen LogP contribution in [0.5, 0.6) is 0 Å². The molecule has 0 aliphatic heterocycles. The van der Waals surface area contributed by atoms with Gasteiger partial charge in [0.05, 0.1) is 29.0 Å². The van der Waals surface area contributed by atoms with Crippen molar-refractivity contribution in [2.75, 3.05) is 10.6 Å². The average molecular weight is 478 g/mol. The van der Waals surface area contributed by atoms with Crippen LogP contribution in [0.2, 0.25) is 0 Å². The lowest BCUT2D eigenvalue weighted by Crippen LogP contribution is -2.42. The Balaban J connectivity index is 1.53. The van der Waals surface area contributed by atoms with Crippen LogP contribution < -0.4 is 10.6 Å². The maximum Gasteiger partial charge on any atom is 0.490 e. The zero-order chi connectivity index (χ0) is 23.6. The fraction of sp³-hybridized carbons (Fsp3) is 0.350. The summed E-state index contributed by atoms with van der Waals surface area (Å²) in [7, 11) is 0. The lowest BCUT2D eigenvalue weighted by molar-refractivity contribution is -0.206. The third kappa shape index (κ3) is 4.90. The maximum absolute atomic E-state index is 12.7. The topological polar surface area (TPSA) is 121 Å². The van der Waals surface area contributed by atoms with Gasteiger partial charge in [-0.3, -0.25) is 4.79 Å². The van der Waals surface area contributed by atoms with Crippen LogP contribution in [-0.4, -0.2) is 44.8 Å². The molecule has 13 heteroatoms. The number of carbonyl (C=O) groups excluding carboxylic acids is 2. The average Bonchev–Trinajstić information content (AvgIpc) is 3.40. The first-order valence-electron chi connectivity index (χ1n) is 9.93. The van der Waals surface area contributed by atoms with E-state index in [9.17, 15) is 22.8 Å². The molecule has 1 amide bonds. The minimum atomic E-state index is -5.07. The summed E-state index contributed by atoms with van der Waals surface area (Å²) in [4.78, 5) is 28.2. The zero-order valence-electron chi connectivity index (χ0n) is 16.9. The highest BCUT2D eigenvalue weighted by molar-refractivity contribution is 7.08. The molecule has 3 heterocycles. The van der Waals surface area contributed by atoms with E-state index in [1.165, 1.54) is 28.1 Å². The molecule has 0 aromatic carbocycles. The molecule has 2 N–H and O–H groups in total. The van der Waals surface area contributed by atoms with Gasteiger partial charge >= 0.3 is 12.1 Å². The predicted octanol–water partition coefficient (Wildman–Crippen LogP) is 3.74. The molecule has 0 unspecified atom stereocenters. The molecule has 1 aliphatic carbocycles. The summed E-state index contributed by atoms with van der Waals surface area (Å²) in [5.74, 6) is -2.66. The van der Waals surface area contributed by atoms with E-state index in [-0.39, 0.29) is 18.1 Å². The van der Waals surface area contributed by atoms with Crippen LogP contribution in [-0.2, 0) is 9.53 Å². The third-order valence-electron chi connectivity index (χ3n) is 5.17. The van der Waals surface area contributed by atoms with Crippen LogP contribution in [0, 0.1) is 11.3 Å². The molecule has 0 bridgehead atoms. The number of anilines is 2. The summed E-state index contributed by atoms with van der Waals surface area (Å²) in [5, 5.41) is 22.3. The van der Waals surface area contributed by atoms with Gasteiger partial charge in [0.25, 0.3) is 5.91 Å². The SMILES string of the molecule is N#Cc1cscc1NC(=O)c1ccc2cnc(N[C@@H]3CCCC[C@@H]3OC(=O)C(F)(F)F)nn12. The Hall–Kier alpha value is -3.66. The third-order valence-corrected chi connectivity index (χ3v) is 5.91. The fourth-order valence-electron chi connectivity index (χ4n) is 3.58. The number of alkyl halides is 3. The molecule has 1 fully saturated rings. The smallest absolute Gasteiger partial charge is 0.454 e. The van der Waals surface area contributed by atoms with Crippen molar-refractivity contribution in [1.29, 1.82) is 5.26 Å². The number of aromatic nitrogens is 3. The van der Waals surface area contributed by atoms with E-state index < -0.39 is 30.2 Å². The van der Waals surface area contributed by atoms with Gasteiger partial charge in [0, 0.05) is 10.8 Å². The van der Waals surface area contributed by atoms with E-state index in [4.69, 9.17) is 5.26 Å². The van der Waals surface area contributed by atoms with Crippen molar-refractivity contribution in [2.24, 2.45) is 0 Å². The van der Waals surface area contributed by atoms with Gasteiger partial charge in [-0.1, -0.05) is 6.42 Å². The Labute approximate surface area is 189 Å². The number of hydrogen-bond acceptors (Lipinski definition) is 8. The minimum Gasteiger partial charge on any atom is -0.454 e. The van der Waals surface area contributed by atoms with Gasteiger partial charge in [-0.2, -0.15) is 18.4 Å². The van der Waals surface area contributed by atoms with Gasteiger partial charge in [0.15, 0.2) is 0 Å². The largest absolute Gasteiger partial charge is 0.490 e. The molecular formula is C20H17F3N6O3S. The molecule has 9 nitrogen and oxygen atoms in total. The zero-order valence-corrected chi connectivity index (χ0v) is 17.7. The van der Waals surface area contributed by atoms with Crippen LogP contribution in [0.15, 0.2) is 29.1 Å². The van der Waals surface area contributed by atoms with E-state index in [0.29, 0.717) is 29.6 Å². The summed E-state index contributed by atoms with van der Waals surface area (Å²) >= 11 is 1.28. The summed E-state index contributed by atoms with van der Waals surface area (Å²) in [5.41, 5.74) is 1.41. The van der Waals surface area contributed by atoms with Gasteiger partial charge < -0.3 is 15.4 Å². The van der Waals surface area contributed by atoms with Crippen molar-refractivity contribution in [3.8, 4) is 6.07 Å². The van der Waals surface area contributed by atoms with Gasteiger partial charge in [0.2, 0.25) is 5.95 Å². The first-order valence-corrected chi connectivity index (χ1v) is 10.9. The number of thiophene rings is 1. The quantitative estimate of drug-likeness (QED) is 0.536. The predicted molar refractivity (Wildman–Crippen MR) is 112 cm³/mol. The number of nitrogens with zero attached hydrogens (tertiary/aromatic N) is 4. The van der Waals surface area contributed by atoms with E-state index in [2.05, 4.69) is 25.5 Å². The summed E-state index contributed by atoms with van der Waals surface area (Å²) < 4.78 is 43.9. The van der Waals surface area contributed by atoms with Crippen molar-refractivity contribution in [3.63, 3.8) is 0 Å². The molecule has 172 valence electrons. The number of amides is 1. The number of esters is 1. The highest BCUT2D eigenvalue weighted by atomic mass is 32.1. The number of nitrogens with one attached hydrogen (secondary N) is 2. The molecule has 0 radical (unpaired) electrons. The van der Waals surface area contributed by atoms with Gasteiger partial charge in [-0.15, -0.1) is 16.4 Å². The normalized spacial score (nSPS) is 18.5. The van der Waals surface area contributed by atoms with Gasteiger partial charge in [0.1, 0.15) is 17.9 Å². The number of ether oxygens (including phenoxy) is 1. The summed E-state index contributed by atoms with van der Waals surface area (Å²) in [6, 6.07) is 4.55. The molecule has 1 aliphatic rings. The monoisotopic (exact) mass is 478 g/mol. The lowest BCUT2D eigenvalue weighted by Gasteiger charge is -2.31. The Bertz CT molecular complexity index is 1230. The Morgan fingerprint density at radius 2 is 2.03 bits per heavy atom. The summed E-state index contributed by atoms with van der Waals surface area (Å²) in [6.07, 6.45) is -2.49. The van der Waals surface area contributed by atoms with E-state index in [0.717, 1.165) is 6.42 Å². The highest BCUT2D eigenvalue weighted by Gasteiger charge is 2.43.